The van der Waals surface area contributed by atoms with Gasteiger partial charge in [-0.1, -0.05) is 0 Å². The van der Waals surface area contributed by atoms with Crippen LogP contribution in [0.2, 0.25) is 0 Å². The summed E-state index contributed by atoms with van der Waals surface area (Å²) in [6, 6.07) is 5.77. The van der Waals surface area contributed by atoms with Crippen LogP contribution in [0.25, 0.3) is 10.1 Å². The van der Waals surface area contributed by atoms with Gasteiger partial charge in [0, 0.05) is 36.2 Å². The minimum absolute atomic E-state index is 0.311. The molecule has 0 saturated carbocycles. The lowest BCUT2D eigenvalue weighted by Crippen LogP contribution is -2.49. The fourth-order valence-electron chi connectivity index (χ4n) is 2.67. The maximum absolute atomic E-state index is 12.2. The molecule has 0 saturated heterocycles. The van der Waals surface area contributed by atoms with Gasteiger partial charge in [-0.3, -0.25) is 9.59 Å². The molecular weight excluding hydrogens is 328 g/mol. The van der Waals surface area contributed by atoms with Crippen molar-refractivity contribution in [3.05, 3.63) is 23.1 Å². The number of carbonyl (C=O) groups excluding carboxylic acids is 2. The van der Waals surface area contributed by atoms with Crippen LogP contribution in [0.1, 0.15) is 11.8 Å². The van der Waals surface area contributed by atoms with E-state index in [9.17, 15) is 9.59 Å². The summed E-state index contributed by atoms with van der Waals surface area (Å²) in [6.45, 7) is 1.65. The number of fused-ring (bicyclic) bond motifs is 1. The van der Waals surface area contributed by atoms with E-state index in [1.165, 1.54) is 25.4 Å². The van der Waals surface area contributed by atoms with Crippen molar-refractivity contribution < 1.29 is 19.1 Å². The second kappa shape index (κ2) is 7.09. The third kappa shape index (κ3) is 3.17. The highest BCUT2D eigenvalue weighted by molar-refractivity contribution is 7.19. The first-order valence-electron chi connectivity index (χ1n) is 7.48. The molecule has 1 heterocycles. The van der Waals surface area contributed by atoms with Crippen molar-refractivity contribution in [1.29, 1.82) is 0 Å². The number of carbonyl (C=O) groups is 2. The van der Waals surface area contributed by atoms with Gasteiger partial charge >= 0.3 is 0 Å². The SMILES string of the molecule is CNC(=O)C(C)(Cc1cc2cc(OC)c(OC)cc2s1)C(=O)NC. The molecule has 1 aromatic heterocycles. The van der Waals surface area contributed by atoms with Crippen LogP contribution >= 0.6 is 11.3 Å². The molecule has 0 bridgehead atoms. The normalized spacial score (nSPS) is 11.2. The van der Waals surface area contributed by atoms with Crippen molar-refractivity contribution in [3.63, 3.8) is 0 Å². The zero-order valence-electron chi connectivity index (χ0n) is 14.5. The minimum atomic E-state index is -1.17. The Morgan fingerprint density at radius 1 is 1.04 bits per heavy atom. The summed E-state index contributed by atoms with van der Waals surface area (Å²) >= 11 is 1.53. The van der Waals surface area contributed by atoms with Gasteiger partial charge in [0.15, 0.2) is 11.5 Å². The summed E-state index contributed by atoms with van der Waals surface area (Å²) in [5, 5.41) is 6.14. The average molecular weight is 350 g/mol. The van der Waals surface area contributed by atoms with Gasteiger partial charge in [-0.05, 0) is 24.4 Å². The van der Waals surface area contributed by atoms with Crippen molar-refractivity contribution in [3.8, 4) is 11.5 Å². The summed E-state index contributed by atoms with van der Waals surface area (Å²) < 4.78 is 11.6. The number of methoxy groups -OCH3 is 2. The van der Waals surface area contributed by atoms with Crippen molar-refractivity contribution in [2.75, 3.05) is 28.3 Å². The third-order valence-electron chi connectivity index (χ3n) is 4.06. The number of nitrogens with one attached hydrogen (secondary N) is 2. The second-order valence-corrected chi connectivity index (χ2v) is 6.79. The van der Waals surface area contributed by atoms with E-state index in [2.05, 4.69) is 10.6 Å². The second-order valence-electron chi connectivity index (χ2n) is 5.62. The maximum Gasteiger partial charge on any atom is 0.235 e. The zero-order valence-corrected chi connectivity index (χ0v) is 15.3. The maximum atomic E-state index is 12.2. The standard InChI is InChI=1S/C17H22N2O4S/c1-17(15(20)18-2,16(21)19-3)9-11-6-10-7-12(22-4)13(23-5)8-14(10)24-11/h6-8H,9H2,1-5H3,(H,18,20)(H,19,21). The number of hydrogen-bond acceptors (Lipinski definition) is 5. The summed E-state index contributed by atoms with van der Waals surface area (Å²) in [7, 11) is 6.24. The van der Waals surface area contributed by atoms with E-state index in [-0.39, 0.29) is 11.8 Å². The molecule has 6 nitrogen and oxygen atoms in total. The molecule has 0 aliphatic rings. The number of thiophene rings is 1. The minimum Gasteiger partial charge on any atom is -0.493 e. The Labute approximate surface area is 145 Å². The van der Waals surface area contributed by atoms with Crippen LogP contribution in [0.4, 0.5) is 0 Å². The Morgan fingerprint density at radius 2 is 1.58 bits per heavy atom. The molecule has 130 valence electrons. The summed E-state index contributed by atoms with van der Waals surface area (Å²) in [6.07, 6.45) is 0.316. The van der Waals surface area contributed by atoms with Crippen LogP contribution in [0.15, 0.2) is 18.2 Å². The van der Waals surface area contributed by atoms with E-state index in [4.69, 9.17) is 9.47 Å². The van der Waals surface area contributed by atoms with Gasteiger partial charge in [-0.15, -0.1) is 11.3 Å². The van der Waals surface area contributed by atoms with E-state index in [0.29, 0.717) is 17.9 Å². The number of ether oxygens (including phenoxy) is 2. The van der Waals surface area contributed by atoms with Crippen LogP contribution in [0.5, 0.6) is 11.5 Å². The van der Waals surface area contributed by atoms with Crippen LogP contribution in [-0.2, 0) is 16.0 Å². The van der Waals surface area contributed by atoms with Crippen LogP contribution < -0.4 is 20.1 Å². The van der Waals surface area contributed by atoms with Gasteiger partial charge in [0.05, 0.1) is 14.2 Å². The molecule has 0 spiro atoms. The lowest BCUT2D eigenvalue weighted by atomic mass is 9.84. The molecule has 0 aliphatic carbocycles. The molecule has 0 aliphatic heterocycles. The smallest absolute Gasteiger partial charge is 0.235 e. The van der Waals surface area contributed by atoms with Crippen molar-refractivity contribution in [2.24, 2.45) is 5.41 Å². The number of benzene rings is 1. The van der Waals surface area contributed by atoms with E-state index in [1.807, 2.05) is 18.2 Å². The Hall–Kier alpha value is -2.28. The summed E-state index contributed by atoms with van der Waals surface area (Å²) in [4.78, 5) is 25.4. The van der Waals surface area contributed by atoms with Crippen molar-refractivity contribution in [2.45, 2.75) is 13.3 Å². The monoisotopic (exact) mass is 350 g/mol. The number of rotatable bonds is 6. The molecule has 0 radical (unpaired) electrons. The fourth-order valence-corrected chi connectivity index (χ4v) is 3.90. The molecular formula is C17H22N2O4S. The van der Waals surface area contributed by atoms with Crippen LogP contribution in [0.3, 0.4) is 0 Å². The molecule has 2 rings (SSSR count). The molecule has 7 heteroatoms. The zero-order chi connectivity index (χ0) is 17.9. The molecule has 24 heavy (non-hydrogen) atoms. The predicted octanol–water partition coefficient (Wildman–Crippen LogP) is 1.96. The first kappa shape index (κ1) is 18.1. The van der Waals surface area contributed by atoms with Crippen molar-refractivity contribution in [1.82, 2.24) is 10.6 Å². The molecule has 2 aromatic rings. The first-order valence-corrected chi connectivity index (χ1v) is 8.30. The van der Waals surface area contributed by atoms with Gasteiger partial charge in [0.1, 0.15) is 5.41 Å². The van der Waals surface area contributed by atoms with Gasteiger partial charge < -0.3 is 20.1 Å². The third-order valence-corrected chi connectivity index (χ3v) is 5.16. The van der Waals surface area contributed by atoms with Crippen molar-refractivity contribution >= 4 is 33.2 Å². The van der Waals surface area contributed by atoms with E-state index >= 15 is 0 Å². The topological polar surface area (TPSA) is 76.7 Å². The molecule has 0 fully saturated rings. The summed E-state index contributed by atoms with van der Waals surface area (Å²) in [5.74, 6) is 0.678. The lowest BCUT2D eigenvalue weighted by molar-refractivity contribution is -0.141. The highest BCUT2D eigenvalue weighted by atomic mass is 32.1. The average Bonchev–Trinajstić information content (AvgIpc) is 2.99. The Kier molecular flexibility index (Phi) is 5.33. The molecule has 0 unspecified atom stereocenters. The molecule has 2 N–H and O–H groups in total. The highest BCUT2D eigenvalue weighted by Crippen LogP contribution is 2.38. The Morgan fingerprint density at radius 3 is 2.08 bits per heavy atom. The summed E-state index contributed by atoms with van der Waals surface area (Å²) in [5.41, 5.74) is -1.17. The number of amides is 2. The largest absolute Gasteiger partial charge is 0.493 e. The predicted molar refractivity (Wildman–Crippen MR) is 94.9 cm³/mol. The molecule has 1 aromatic carbocycles. The van der Waals surface area contributed by atoms with E-state index in [0.717, 1.165) is 15.0 Å². The fraction of sp³-hybridized carbons (Fsp3) is 0.412. The Balaban J connectivity index is 2.44. The highest BCUT2D eigenvalue weighted by Gasteiger charge is 2.40. The van der Waals surface area contributed by atoms with E-state index in [1.54, 1.807) is 21.1 Å². The van der Waals surface area contributed by atoms with Gasteiger partial charge in [0.2, 0.25) is 11.8 Å². The molecule has 0 atom stereocenters. The lowest BCUT2D eigenvalue weighted by Gasteiger charge is -2.25. The van der Waals surface area contributed by atoms with Gasteiger partial charge in [-0.2, -0.15) is 0 Å². The van der Waals surface area contributed by atoms with Gasteiger partial charge in [0.25, 0.3) is 0 Å². The molecule has 2 amide bonds. The van der Waals surface area contributed by atoms with Gasteiger partial charge in [-0.25, -0.2) is 0 Å². The Bertz CT molecular complexity index is 712. The number of hydrogen-bond donors (Lipinski definition) is 2. The van der Waals surface area contributed by atoms with E-state index < -0.39 is 5.41 Å². The van der Waals surface area contributed by atoms with Crippen LogP contribution in [0, 0.1) is 5.41 Å². The van der Waals surface area contributed by atoms with Crippen LogP contribution in [-0.4, -0.2) is 40.1 Å². The first-order chi connectivity index (χ1) is 11.4. The quantitative estimate of drug-likeness (QED) is 0.781.